The van der Waals surface area contributed by atoms with E-state index in [1.807, 2.05) is 24.3 Å². The van der Waals surface area contributed by atoms with Crippen LogP contribution in [0.25, 0.3) is 0 Å². The zero-order chi connectivity index (χ0) is 22.8. The second-order valence-corrected chi connectivity index (χ2v) is 8.88. The largest absolute Gasteiger partial charge is 0.494 e. The van der Waals surface area contributed by atoms with Gasteiger partial charge in [0, 0.05) is 36.1 Å². The molecule has 0 aliphatic heterocycles. The molecule has 0 bridgehead atoms. The van der Waals surface area contributed by atoms with Gasteiger partial charge in [-0.3, -0.25) is 4.79 Å². The van der Waals surface area contributed by atoms with Crippen molar-refractivity contribution in [1.82, 2.24) is 0 Å². The predicted octanol–water partition coefficient (Wildman–Crippen LogP) is 5.37. The van der Waals surface area contributed by atoms with E-state index in [4.69, 9.17) is 9.84 Å². The van der Waals surface area contributed by atoms with Crippen molar-refractivity contribution in [2.24, 2.45) is 0 Å². The van der Waals surface area contributed by atoms with Crippen LogP contribution in [0.2, 0.25) is 0 Å². The highest BCUT2D eigenvalue weighted by Gasteiger charge is 2.20. The molecule has 6 nitrogen and oxygen atoms in total. The van der Waals surface area contributed by atoms with Crippen LogP contribution < -0.4 is 9.64 Å². The van der Waals surface area contributed by atoms with Crippen LogP contribution in [0.15, 0.2) is 45.8 Å². The number of aliphatic hydroxyl groups is 2. The fraction of sp³-hybridized carbons (Fsp3) is 0.375. The quantitative estimate of drug-likeness (QED) is 0.272. The zero-order valence-corrected chi connectivity index (χ0v) is 19.5. The number of nitrogens with zero attached hydrogens (tertiary/aromatic N) is 1. The number of carboxylic acid groups (broad SMARTS) is 1. The van der Waals surface area contributed by atoms with Gasteiger partial charge < -0.3 is 25.0 Å². The minimum absolute atomic E-state index is 0.0873. The van der Waals surface area contributed by atoms with Gasteiger partial charge in [0.1, 0.15) is 5.75 Å². The summed E-state index contributed by atoms with van der Waals surface area (Å²) >= 11 is 3.22. The summed E-state index contributed by atoms with van der Waals surface area (Å²) in [5.74, 6) is 0.0142. The van der Waals surface area contributed by atoms with E-state index in [0.29, 0.717) is 25.9 Å². The third kappa shape index (κ3) is 6.56. The van der Waals surface area contributed by atoms with Crippen molar-refractivity contribution >= 4 is 45.7 Å². The van der Waals surface area contributed by atoms with Crippen molar-refractivity contribution in [3.63, 3.8) is 0 Å². The molecule has 0 saturated heterocycles. The topological polar surface area (TPSA) is 90.2 Å². The summed E-state index contributed by atoms with van der Waals surface area (Å²) in [7, 11) is 0. The maximum atomic E-state index is 10.6. The molecule has 3 aromatic rings. The number of carbonyl (C=O) groups is 1. The zero-order valence-electron chi connectivity index (χ0n) is 17.9. The monoisotopic (exact) mass is 475 g/mol. The number of benzene rings is 1. The maximum Gasteiger partial charge on any atom is 0.303 e. The average molecular weight is 476 g/mol. The van der Waals surface area contributed by atoms with Gasteiger partial charge in [0.2, 0.25) is 0 Å². The lowest BCUT2D eigenvalue weighted by atomic mass is 10.1. The third-order valence-electron chi connectivity index (χ3n) is 5.08. The number of thiophene rings is 2. The first-order valence-corrected chi connectivity index (χ1v) is 12.6. The van der Waals surface area contributed by atoms with E-state index in [1.165, 1.54) is 0 Å². The molecule has 2 heterocycles. The lowest BCUT2D eigenvalue weighted by Crippen LogP contribution is -2.13. The lowest BCUT2D eigenvalue weighted by molar-refractivity contribution is -0.137. The number of hydrogen-bond acceptors (Lipinski definition) is 7. The fourth-order valence-corrected chi connectivity index (χ4v) is 5.20. The molecule has 2 aromatic heterocycles. The fourth-order valence-electron chi connectivity index (χ4n) is 3.49. The second-order valence-electron chi connectivity index (χ2n) is 7.39. The van der Waals surface area contributed by atoms with Crippen molar-refractivity contribution in [3.8, 4) is 5.75 Å². The highest BCUT2D eigenvalue weighted by atomic mass is 32.1. The van der Waals surface area contributed by atoms with Crippen LogP contribution in [0.5, 0.6) is 5.75 Å². The number of aliphatic hydroxyl groups excluding tert-OH is 2. The van der Waals surface area contributed by atoms with Gasteiger partial charge in [-0.25, -0.2) is 0 Å². The van der Waals surface area contributed by atoms with Crippen molar-refractivity contribution in [1.29, 1.82) is 0 Å². The van der Waals surface area contributed by atoms with E-state index < -0.39 is 5.97 Å². The molecule has 172 valence electrons. The van der Waals surface area contributed by atoms with Gasteiger partial charge in [0.05, 0.1) is 18.0 Å². The summed E-state index contributed by atoms with van der Waals surface area (Å²) in [5, 5.41) is 36.0. The molecule has 1 aromatic carbocycles. The standard InChI is InChI=1S/C24H29NO5S2/c26-11-9-18-14-31-16-22(18)25(23-17-32-15-19(23)10-12-27)20-5-7-21(8-6-20)30-13-3-1-2-4-24(28)29/h5-8,14-17,26-27H,1-4,9-13H2,(H,28,29). The van der Waals surface area contributed by atoms with Crippen LogP contribution in [0.3, 0.4) is 0 Å². The van der Waals surface area contributed by atoms with E-state index in [-0.39, 0.29) is 19.6 Å². The highest BCUT2D eigenvalue weighted by Crippen LogP contribution is 2.42. The molecule has 0 unspecified atom stereocenters. The molecule has 0 atom stereocenters. The Kier molecular flexibility index (Phi) is 9.55. The van der Waals surface area contributed by atoms with E-state index in [0.717, 1.165) is 46.8 Å². The molecule has 0 aliphatic carbocycles. The van der Waals surface area contributed by atoms with Crippen LogP contribution in [0, 0.1) is 0 Å². The number of anilines is 3. The van der Waals surface area contributed by atoms with Gasteiger partial charge in [-0.1, -0.05) is 0 Å². The minimum atomic E-state index is -0.758. The van der Waals surface area contributed by atoms with Crippen molar-refractivity contribution in [3.05, 3.63) is 56.9 Å². The molecule has 0 radical (unpaired) electrons. The molecule has 0 aliphatic rings. The molecule has 0 spiro atoms. The van der Waals surface area contributed by atoms with E-state index in [9.17, 15) is 15.0 Å². The van der Waals surface area contributed by atoms with Gasteiger partial charge >= 0.3 is 5.97 Å². The second kappa shape index (κ2) is 12.6. The Bertz CT molecular complexity index is 923. The SMILES string of the molecule is O=C(O)CCCCCOc1ccc(N(c2cscc2CCO)c2cscc2CCO)cc1. The average Bonchev–Trinajstić information content (AvgIpc) is 3.43. The summed E-state index contributed by atoms with van der Waals surface area (Å²) in [6, 6.07) is 7.91. The van der Waals surface area contributed by atoms with Gasteiger partial charge in [-0.05, 0) is 78.3 Å². The molecule has 32 heavy (non-hydrogen) atoms. The number of ether oxygens (including phenoxy) is 1. The predicted molar refractivity (Wildman–Crippen MR) is 130 cm³/mol. The van der Waals surface area contributed by atoms with Gasteiger partial charge in [-0.2, -0.15) is 0 Å². The van der Waals surface area contributed by atoms with Crippen LogP contribution in [-0.2, 0) is 17.6 Å². The Balaban J connectivity index is 1.76. The van der Waals surface area contributed by atoms with Crippen LogP contribution >= 0.6 is 22.7 Å². The van der Waals surface area contributed by atoms with Gasteiger partial charge in [0.15, 0.2) is 0 Å². The number of rotatable bonds is 14. The number of carboxylic acids is 1. The first-order chi connectivity index (χ1) is 15.6. The van der Waals surface area contributed by atoms with Crippen LogP contribution in [0.4, 0.5) is 17.1 Å². The highest BCUT2D eigenvalue weighted by molar-refractivity contribution is 7.09. The maximum absolute atomic E-state index is 10.6. The Hall–Kier alpha value is -2.39. The molecule has 3 N–H and O–H groups in total. The molecular weight excluding hydrogens is 446 g/mol. The number of aliphatic carboxylic acids is 1. The summed E-state index contributed by atoms with van der Waals surface area (Å²) < 4.78 is 5.83. The van der Waals surface area contributed by atoms with E-state index in [1.54, 1.807) is 22.7 Å². The third-order valence-corrected chi connectivity index (χ3v) is 6.64. The normalized spacial score (nSPS) is 10.9. The lowest BCUT2D eigenvalue weighted by Gasteiger charge is -2.26. The van der Waals surface area contributed by atoms with Crippen molar-refractivity contribution in [2.75, 3.05) is 24.7 Å². The first-order valence-electron chi connectivity index (χ1n) is 10.7. The van der Waals surface area contributed by atoms with Crippen LogP contribution in [0.1, 0.15) is 36.8 Å². The van der Waals surface area contributed by atoms with Gasteiger partial charge in [-0.15, -0.1) is 22.7 Å². The summed E-state index contributed by atoms with van der Waals surface area (Å²) in [4.78, 5) is 12.7. The summed E-state index contributed by atoms with van der Waals surface area (Å²) in [5.41, 5.74) is 5.22. The Morgan fingerprint density at radius 1 is 0.844 bits per heavy atom. The Morgan fingerprint density at radius 2 is 1.44 bits per heavy atom. The molecule has 0 amide bonds. The van der Waals surface area contributed by atoms with Gasteiger partial charge in [0.25, 0.3) is 0 Å². The van der Waals surface area contributed by atoms with Crippen molar-refractivity contribution in [2.45, 2.75) is 38.5 Å². The number of unbranched alkanes of at least 4 members (excludes halogenated alkanes) is 2. The Morgan fingerprint density at radius 3 is 1.97 bits per heavy atom. The molecule has 0 saturated carbocycles. The van der Waals surface area contributed by atoms with Crippen LogP contribution in [-0.4, -0.2) is 41.1 Å². The summed E-state index contributed by atoms with van der Waals surface area (Å²) in [6.07, 6.45) is 3.68. The molecule has 3 rings (SSSR count). The summed E-state index contributed by atoms with van der Waals surface area (Å²) in [6.45, 7) is 0.729. The van der Waals surface area contributed by atoms with E-state index in [2.05, 4.69) is 26.4 Å². The Labute approximate surface area is 196 Å². The molecule has 8 heteroatoms. The molecular formula is C24H29NO5S2. The molecule has 0 fully saturated rings. The van der Waals surface area contributed by atoms with Crippen molar-refractivity contribution < 1.29 is 24.9 Å². The minimum Gasteiger partial charge on any atom is -0.494 e. The number of hydrogen-bond donors (Lipinski definition) is 3. The first kappa shape index (κ1) is 24.3. The smallest absolute Gasteiger partial charge is 0.303 e. The van der Waals surface area contributed by atoms with E-state index >= 15 is 0 Å².